The maximum atomic E-state index is 12.8. The number of fused-ring (bicyclic) bond motifs is 1. The molecule has 0 radical (unpaired) electrons. The molecule has 3 heterocycles. The number of imidazole rings is 1. The van der Waals surface area contributed by atoms with Gasteiger partial charge in [0.15, 0.2) is 5.65 Å². The summed E-state index contributed by atoms with van der Waals surface area (Å²) in [5.74, 6) is 0.959. The number of hydrogen-bond acceptors (Lipinski definition) is 6. The van der Waals surface area contributed by atoms with Gasteiger partial charge in [-0.2, -0.15) is 0 Å². The van der Waals surface area contributed by atoms with Crippen LogP contribution in [0.1, 0.15) is 47.9 Å². The number of hydrogen-bond donors (Lipinski definition) is 2. The van der Waals surface area contributed by atoms with Gasteiger partial charge in [-0.1, -0.05) is 23.7 Å². The highest BCUT2D eigenvalue weighted by atomic mass is 35.5. The normalized spacial score (nSPS) is 18.6. The van der Waals surface area contributed by atoms with Crippen LogP contribution in [0, 0.1) is 5.92 Å². The van der Waals surface area contributed by atoms with Gasteiger partial charge in [0, 0.05) is 48.3 Å². The van der Waals surface area contributed by atoms with Crippen LogP contribution in [-0.2, 0) is 21.4 Å². The Hall–Kier alpha value is -3.63. The summed E-state index contributed by atoms with van der Waals surface area (Å²) in [6.07, 6.45) is 9.80. The number of nitrogens with zero attached hydrogens (tertiary/aromatic N) is 4. The highest BCUT2D eigenvalue weighted by molar-refractivity contribution is 7.92. The molecule has 0 unspecified atom stereocenters. The Kier molecular flexibility index (Phi) is 6.47. The Bertz CT molecular complexity index is 1680. The standard InChI is InChI=1S/C28H29ClN6O3S/c1-34(39(2,37)38)25-11-19(17-6-7-17)15-35-16-22(32-27(25)35)14-31-21-8-9-30-26(12-21)33-28(36)24-13-23(24)18-4-3-5-20(29)10-18/h3-5,8-12,15-17,23-24H,6-7,13-14H2,1-2H3,(H2,30,31,33,36)/t23-,24+/m1/s1. The zero-order valence-electron chi connectivity index (χ0n) is 21.6. The molecule has 4 aromatic rings. The summed E-state index contributed by atoms with van der Waals surface area (Å²) in [6.45, 7) is 0.416. The Morgan fingerprint density at radius 1 is 1.15 bits per heavy atom. The molecule has 2 aliphatic rings. The SMILES string of the molecule is CN(c1cc(C2CC2)cn2cc(CNc3ccnc(NC(=O)[C@H]4C[C@@H]4c4cccc(Cl)c4)c3)nc12)S(C)(=O)=O. The second-order valence-corrected chi connectivity index (χ2v) is 12.9. The molecule has 2 aliphatic carbocycles. The predicted molar refractivity (Wildman–Crippen MR) is 153 cm³/mol. The number of halogens is 1. The molecule has 2 saturated carbocycles. The summed E-state index contributed by atoms with van der Waals surface area (Å²) in [4.78, 5) is 21.8. The Labute approximate surface area is 232 Å². The number of rotatable bonds is 9. The van der Waals surface area contributed by atoms with Crippen molar-refractivity contribution in [2.45, 2.75) is 37.6 Å². The zero-order chi connectivity index (χ0) is 27.3. The van der Waals surface area contributed by atoms with Crippen LogP contribution in [0.4, 0.5) is 17.2 Å². The number of nitrogens with one attached hydrogen (secondary N) is 2. The third-order valence-electron chi connectivity index (χ3n) is 7.38. The predicted octanol–water partition coefficient (Wildman–Crippen LogP) is 5.01. The van der Waals surface area contributed by atoms with Crippen molar-refractivity contribution >= 4 is 50.4 Å². The maximum Gasteiger partial charge on any atom is 0.232 e. The van der Waals surface area contributed by atoms with E-state index in [1.807, 2.05) is 53.2 Å². The number of sulfonamides is 1. The lowest BCUT2D eigenvalue weighted by atomic mass is 10.1. The van der Waals surface area contributed by atoms with E-state index in [1.165, 1.54) is 10.6 Å². The minimum atomic E-state index is -3.44. The molecule has 1 aromatic carbocycles. The van der Waals surface area contributed by atoms with Gasteiger partial charge in [0.2, 0.25) is 15.9 Å². The molecule has 2 atom stereocenters. The monoisotopic (exact) mass is 564 g/mol. The van der Waals surface area contributed by atoms with Crippen LogP contribution < -0.4 is 14.9 Å². The molecule has 9 nitrogen and oxygen atoms in total. The van der Waals surface area contributed by atoms with Crippen LogP contribution in [0.2, 0.25) is 5.02 Å². The average molecular weight is 565 g/mol. The van der Waals surface area contributed by atoms with E-state index in [0.717, 1.165) is 41.8 Å². The lowest BCUT2D eigenvalue weighted by Gasteiger charge is -2.18. The van der Waals surface area contributed by atoms with Crippen LogP contribution in [0.25, 0.3) is 5.65 Å². The summed E-state index contributed by atoms with van der Waals surface area (Å²) < 4.78 is 27.8. The van der Waals surface area contributed by atoms with Gasteiger partial charge in [-0.25, -0.2) is 18.4 Å². The fourth-order valence-electron chi connectivity index (χ4n) is 4.90. The van der Waals surface area contributed by atoms with Crippen molar-refractivity contribution in [2.24, 2.45) is 5.92 Å². The van der Waals surface area contributed by atoms with Gasteiger partial charge in [0.1, 0.15) is 5.82 Å². The molecule has 2 fully saturated rings. The summed E-state index contributed by atoms with van der Waals surface area (Å²) in [6, 6.07) is 13.2. The van der Waals surface area contributed by atoms with Crippen LogP contribution in [0.5, 0.6) is 0 Å². The highest BCUT2D eigenvalue weighted by Gasteiger charge is 2.44. The molecular formula is C28H29ClN6O3S. The largest absolute Gasteiger partial charge is 0.379 e. The second kappa shape index (κ2) is 9.84. The van der Waals surface area contributed by atoms with Gasteiger partial charge in [0.25, 0.3) is 0 Å². The Balaban J connectivity index is 1.14. The van der Waals surface area contributed by atoms with E-state index >= 15 is 0 Å². The Morgan fingerprint density at radius 3 is 2.72 bits per heavy atom. The van der Waals surface area contributed by atoms with Crippen LogP contribution in [0.15, 0.2) is 61.1 Å². The van der Waals surface area contributed by atoms with E-state index in [1.54, 1.807) is 19.3 Å². The van der Waals surface area contributed by atoms with Crippen molar-refractivity contribution in [2.75, 3.05) is 28.2 Å². The fourth-order valence-corrected chi connectivity index (χ4v) is 5.59. The van der Waals surface area contributed by atoms with Gasteiger partial charge < -0.3 is 15.0 Å². The summed E-state index contributed by atoms with van der Waals surface area (Å²) in [5.41, 5.74) is 4.90. The van der Waals surface area contributed by atoms with Gasteiger partial charge >= 0.3 is 0 Å². The number of carbonyl (C=O) groups is 1. The lowest BCUT2D eigenvalue weighted by Crippen LogP contribution is -2.25. The first-order chi connectivity index (χ1) is 18.7. The molecule has 0 bridgehead atoms. The van der Waals surface area contributed by atoms with Crippen molar-refractivity contribution in [1.82, 2.24) is 14.4 Å². The molecule has 1 amide bonds. The number of pyridine rings is 2. The lowest BCUT2D eigenvalue weighted by molar-refractivity contribution is -0.117. The quantitative estimate of drug-likeness (QED) is 0.296. The third-order valence-corrected chi connectivity index (χ3v) is 8.80. The van der Waals surface area contributed by atoms with E-state index in [4.69, 9.17) is 16.6 Å². The number of anilines is 3. The number of amides is 1. The molecule has 6 rings (SSSR count). The van der Waals surface area contributed by atoms with Crippen molar-refractivity contribution < 1.29 is 13.2 Å². The molecule has 3 aromatic heterocycles. The smallest absolute Gasteiger partial charge is 0.232 e. The van der Waals surface area contributed by atoms with E-state index in [2.05, 4.69) is 15.6 Å². The van der Waals surface area contributed by atoms with Gasteiger partial charge in [0.05, 0.1) is 24.2 Å². The number of carbonyl (C=O) groups excluding carboxylic acids is 1. The van der Waals surface area contributed by atoms with Gasteiger partial charge in [-0.15, -0.1) is 0 Å². The van der Waals surface area contributed by atoms with Crippen LogP contribution >= 0.6 is 11.6 Å². The summed E-state index contributed by atoms with van der Waals surface area (Å²) in [7, 11) is -1.88. The topological polar surface area (TPSA) is 109 Å². The minimum absolute atomic E-state index is 0.0565. The summed E-state index contributed by atoms with van der Waals surface area (Å²) >= 11 is 6.10. The number of aromatic nitrogens is 3. The number of benzene rings is 1. The van der Waals surface area contributed by atoms with Crippen LogP contribution in [-0.4, -0.2) is 42.0 Å². The first-order valence-corrected chi connectivity index (χ1v) is 15.1. The molecule has 39 heavy (non-hydrogen) atoms. The summed E-state index contributed by atoms with van der Waals surface area (Å²) in [5, 5.41) is 6.94. The fraction of sp³-hybridized carbons (Fsp3) is 0.321. The molecular weight excluding hydrogens is 536 g/mol. The van der Waals surface area contributed by atoms with E-state index in [0.29, 0.717) is 34.6 Å². The van der Waals surface area contributed by atoms with E-state index < -0.39 is 10.0 Å². The van der Waals surface area contributed by atoms with Crippen molar-refractivity contribution in [3.05, 3.63) is 82.9 Å². The maximum absolute atomic E-state index is 12.8. The molecule has 0 saturated heterocycles. The first kappa shape index (κ1) is 25.6. The van der Waals surface area contributed by atoms with Crippen molar-refractivity contribution in [1.29, 1.82) is 0 Å². The molecule has 0 spiro atoms. The Morgan fingerprint density at radius 2 is 1.97 bits per heavy atom. The first-order valence-electron chi connectivity index (χ1n) is 12.9. The molecule has 11 heteroatoms. The van der Waals surface area contributed by atoms with Crippen LogP contribution in [0.3, 0.4) is 0 Å². The minimum Gasteiger partial charge on any atom is -0.379 e. The second-order valence-electron chi connectivity index (χ2n) is 10.4. The molecule has 0 aliphatic heterocycles. The third kappa shape index (κ3) is 5.58. The molecule has 2 N–H and O–H groups in total. The highest BCUT2D eigenvalue weighted by Crippen LogP contribution is 2.48. The zero-order valence-corrected chi connectivity index (χ0v) is 23.2. The van der Waals surface area contributed by atoms with Gasteiger partial charge in [-0.3, -0.25) is 9.10 Å². The van der Waals surface area contributed by atoms with Crippen molar-refractivity contribution in [3.8, 4) is 0 Å². The average Bonchev–Trinajstić information content (AvgIpc) is 3.82. The van der Waals surface area contributed by atoms with Gasteiger partial charge in [-0.05, 0) is 66.5 Å². The molecule has 202 valence electrons. The van der Waals surface area contributed by atoms with E-state index in [-0.39, 0.29) is 17.7 Å². The van der Waals surface area contributed by atoms with E-state index in [9.17, 15) is 13.2 Å². The van der Waals surface area contributed by atoms with Crippen molar-refractivity contribution in [3.63, 3.8) is 0 Å².